The van der Waals surface area contributed by atoms with Gasteiger partial charge in [0.15, 0.2) is 6.79 Å². The molecule has 0 bridgehead atoms. The van der Waals surface area contributed by atoms with Gasteiger partial charge in [0.2, 0.25) is 0 Å². The Balaban J connectivity index is 2.75. The Hall–Kier alpha value is -0.800. The zero-order valence-corrected chi connectivity index (χ0v) is 7.27. The van der Waals surface area contributed by atoms with E-state index >= 15 is 0 Å². The van der Waals surface area contributed by atoms with Crippen molar-refractivity contribution in [2.75, 3.05) is 13.9 Å². The number of hydrogen-bond donors (Lipinski definition) is 0. The van der Waals surface area contributed by atoms with Crippen LogP contribution in [-0.2, 0) is 4.74 Å². The van der Waals surface area contributed by atoms with E-state index in [9.17, 15) is 4.39 Å². The predicted octanol–water partition coefficient (Wildman–Crippen LogP) is 2.46. The quantitative estimate of drug-likeness (QED) is 0.682. The Morgan fingerprint density at radius 1 is 1.50 bits per heavy atom. The number of halogens is 2. The van der Waals surface area contributed by atoms with Crippen LogP contribution in [0.25, 0.3) is 0 Å². The third-order valence-electron chi connectivity index (χ3n) is 1.23. The Bertz CT molecular complexity index is 265. The maximum Gasteiger partial charge on any atom is 0.188 e. The van der Waals surface area contributed by atoms with Crippen LogP contribution in [-0.4, -0.2) is 13.9 Å². The van der Waals surface area contributed by atoms with Crippen molar-refractivity contribution >= 4 is 11.6 Å². The highest BCUT2D eigenvalue weighted by Gasteiger charge is 2.01. The third-order valence-corrected chi connectivity index (χ3v) is 1.54. The first kappa shape index (κ1) is 9.29. The summed E-state index contributed by atoms with van der Waals surface area (Å²) in [6.07, 6.45) is 0. The number of hydrogen-bond acceptors (Lipinski definition) is 2. The summed E-state index contributed by atoms with van der Waals surface area (Å²) in [5.74, 6) is -0.0935. The molecule has 0 fully saturated rings. The summed E-state index contributed by atoms with van der Waals surface area (Å²) in [4.78, 5) is 0. The summed E-state index contributed by atoms with van der Waals surface area (Å²) in [7, 11) is 1.48. The largest absolute Gasteiger partial charge is 0.466 e. The van der Waals surface area contributed by atoms with Crippen molar-refractivity contribution < 1.29 is 13.9 Å². The summed E-state index contributed by atoms with van der Waals surface area (Å²) >= 11 is 5.68. The Morgan fingerprint density at radius 3 is 2.92 bits per heavy atom. The molecule has 0 heterocycles. The first-order valence-electron chi connectivity index (χ1n) is 3.31. The maximum absolute atomic E-state index is 12.6. The van der Waals surface area contributed by atoms with Crippen LogP contribution in [0.3, 0.4) is 0 Å². The molecule has 2 nitrogen and oxygen atoms in total. The van der Waals surface area contributed by atoms with Gasteiger partial charge in [-0.3, -0.25) is 0 Å². The third kappa shape index (κ3) is 2.36. The summed E-state index contributed by atoms with van der Waals surface area (Å²) in [6.45, 7) is 0.0587. The van der Waals surface area contributed by atoms with Crippen molar-refractivity contribution in [1.82, 2.24) is 0 Å². The zero-order valence-electron chi connectivity index (χ0n) is 6.51. The van der Waals surface area contributed by atoms with Crippen LogP contribution < -0.4 is 4.74 Å². The van der Waals surface area contributed by atoms with Crippen LogP contribution in [0.5, 0.6) is 5.75 Å². The van der Waals surface area contributed by atoms with Gasteiger partial charge in [-0.1, -0.05) is 11.6 Å². The van der Waals surface area contributed by atoms with Gasteiger partial charge in [-0.2, -0.15) is 0 Å². The van der Waals surface area contributed by atoms with Crippen LogP contribution in [0.2, 0.25) is 5.02 Å². The SMILES string of the molecule is COCOc1cc(F)ccc1Cl. The highest BCUT2D eigenvalue weighted by Crippen LogP contribution is 2.24. The molecule has 0 radical (unpaired) electrons. The second-order valence-electron chi connectivity index (χ2n) is 2.13. The van der Waals surface area contributed by atoms with Crippen molar-refractivity contribution in [2.24, 2.45) is 0 Å². The van der Waals surface area contributed by atoms with Crippen LogP contribution in [0.4, 0.5) is 4.39 Å². The van der Waals surface area contributed by atoms with Gasteiger partial charge in [-0.05, 0) is 12.1 Å². The molecule has 0 amide bonds. The number of methoxy groups -OCH3 is 1. The lowest BCUT2D eigenvalue weighted by Gasteiger charge is -2.05. The molecule has 0 aliphatic heterocycles. The lowest BCUT2D eigenvalue weighted by molar-refractivity contribution is 0.0510. The van der Waals surface area contributed by atoms with Gasteiger partial charge in [0.05, 0.1) is 5.02 Å². The zero-order chi connectivity index (χ0) is 8.97. The molecular weight excluding hydrogens is 183 g/mol. The Labute approximate surface area is 74.9 Å². The number of benzene rings is 1. The average molecular weight is 191 g/mol. The predicted molar refractivity (Wildman–Crippen MR) is 43.9 cm³/mol. The molecule has 0 aliphatic carbocycles. The lowest BCUT2D eigenvalue weighted by atomic mass is 10.3. The van der Waals surface area contributed by atoms with Crippen molar-refractivity contribution in [3.8, 4) is 5.75 Å². The molecular formula is C8H8ClFO2. The standard InChI is InChI=1S/C8H8ClFO2/c1-11-5-12-8-4-6(10)2-3-7(8)9/h2-4H,5H2,1H3. The summed E-state index contributed by atoms with van der Waals surface area (Å²) in [6, 6.07) is 3.91. The van der Waals surface area contributed by atoms with Crippen molar-refractivity contribution in [1.29, 1.82) is 0 Å². The highest BCUT2D eigenvalue weighted by atomic mass is 35.5. The normalized spacial score (nSPS) is 9.92. The van der Waals surface area contributed by atoms with E-state index in [4.69, 9.17) is 16.3 Å². The Kier molecular flexibility index (Phi) is 3.31. The molecule has 0 unspecified atom stereocenters. The minimum absolute atomic E-state index is 0.0587. The number of rotatable bonds is 3. The molecule has 0 aliphatic rings. The molecule has 0 spiro atoms. The Morgan fingerprint density at radius 2 is 2.25 bits per heavy atom. The van der Waals surface area contributed by atoms with E-state index in [2.05, 4.69) is 4.74 Å². The molecule has 4 heteroatoms. The van der Waals surface area contributed by atoms with Crippen molar-refractivity contribution in [3.05, 3.63) is 29.0 Å². The van der Waals surface area contributed by atoms with Crippen LogP contribution >= 0.6 is 11.6 Å². The first-order chi connectivity index (χ1) is 5.74. The monoisotopic (exact) mass is 190 g/mol. The molecule has 12 heavy (non-hydrogen) atoms. The van der Waals surface area contributed by atoms with Crippen LogP contribution in [0.15, 0.2) is 18.2 Å². The van der Waals surface area contributed by atoms with E-state index in [-0.39, 0.29) is 12.6 Å². The fraction of sp³-hybridized carbons (Fsp3) is 0.250. The molecule has 66 valence electrons. The summed E-state index contributed by atoms with van der Waals surface area (Å²) in [5, 5.41) is 0.369. The number of ether oxygens (including phenoxy) is 2. The highest BCUT2D eigenvalue weighted by molar-refractivity contribution is 6.32. The second-order valence-corrected chi connectivity index (χ2v) is 2.53. The van der Waals surface area contributed by atoms with E-state index in [1.165, 1.54) is 25.3 Å². The molecule has 0 saturated heterocycles. The minimum atomic E-state index is -0.384. The van der Waals surface area contributed by atoms with Crippen LogP contribution in [0.1, 0.15) is 0 Å². The molecule has 1 aromatic carbocycles. The van der Waals surface area contributed by atoms with Gasteiger partial charge >= 0.3 is 0 Å². The molecule has 0 atom stereocenters. The summed E-state index contributed by atoms with van der Waals surface area (Å²) in [5.41, 5.74) is 0. The van der Waals surface area contributed by atoms with Crippen LogP contribution in [0, 0.1) is 5.82 Å². The fourth-order valence-corrected chi connectivity index (χ4v) is 0.882. The smallest absolute Gasteiger partial charge is 0.188 e. The summed E-state index contributed by atoms with van der Waals surface area (Å²) < 4.78 is 22.2. The molecule has 0 N–H and O–H groups in total. The topological polar surface area (TPSA) is 18.5 Å². The average Bonchev–Trinajstić information content (AvgIpc) is 2.07. The first-order valence-corrected chi connectivity index (χ1v) is 3.68. The van der Waals surface area contributed by atoms with Crippen molar-refractivity contribution in [2.45, 2.75) is 0 Å². The second kappa shape index (κ2) is 4.28. The fourth-order valence-electron chi connectivity index (χ4n) is 0.710. The van der Waals surface area contributed by atoms with E-state index in [0.717, 1.165) is 0 Å². The maximum atomic E-state index is 12.6. The molecule has 1 aromatic rings. The molecule has 0 aromatic heterocycles. The van der Waals surface area contributed by atoms with E-state index in [1.807, 2.05) is 0 Å². The van der Waals surface area contributed by atoms with Gasteiger partial charge in [-0.15, -0.1) is 0 Å². The van der Waals surface area contributed by atoms with Gasteiger partial charge in [0.25, 0.3) is 0 Å². The van der Waals surface area contributed by atoms with Gasteiger partial charge in [0, 0.05) is 13.2 Å². The van der Waals surface area contributed by atoms with Crippen molar-refractivity contribution in [3.63, 3.8) is 0 Å². The van der Waals surface area contributed by atoms with Gasteiger partial charge < -0.3 is 9.47 Å². The van der Waals surface area contributed by atoms with Gasteiger partial charge in [-0.25, -0.2) is 4.39 Å². The van der Waals surface area contributed by atoms with E-state index in [0.29, 0.717) is 10.8 Å². The lowest BCUT2D eigenvalue weighted by Crippen LogP contribution is -1.99. The van der Waals surface area contributed by atoms with E-state index < -0.39 is 0 Å². The molecule has 0 saturated carbocycles. The van der Waals surface area contributed by atoms with E-state index in [1.54, 1.807) is 0 Å². The molecule has 1 rings (SSSR count). The van der Waals surface area contributed by atoms with Gasteiger partial charge in [0.1, 0.15) is 11.6 Å². The minimum Gasteiger partial charge on any atom is -0.466 e.